The lowest BCUT2D eigenvalue weighted by atomic mass is 9.86. The Morgan fingerprint density at radius 2 is 1.82 bits per heavy atom. The van der Waals surface area contributed by atoms with Gasteiger partial charge in [0.1, 0.15) is 0 Å². The Morgan fingerprint density at radius 1 is 1.09 bits per heavy atom. The normalized spacial score (nSPS) is 15.4. The van der Waals surface area contributed by atoms with Gasteiger partial charge in [-0.25, -0.2) is 0 Å². The molecule has 0 heterocycles. The quantitative estimate of drug-likeness (QED) is 0.808. The van der Waals surface area contributed by atoms with Crippen molar-refractivity contribution in [3.8, 4) is 0 Å². The van der Waals surface area contributed by atoms with Crippen molar-refractivity contribution < 1.29 is 9.59 Å². The van der Waals surface area contributed by atoms with E-state index in [-0.39, 0.29) is 11.5 Å². The molecule has 1 aromatic carbocycles. The first-order valence-electron chi connectivity index (χ1n) is 7.60. The Hall–Kier alpha value is -1.26. The van der Waals surface area contributed by atoms with Gasteiger partial charge >= 0.3 is 0 Å². The van der Waals surface area contributed by atoms with Gasteiger partial charge < -0.3 is 0 Å². The topological polar surface area (TPSA) is 58.2 Å². The van der Waals surface area contributed by atoms with E-state index >= 15 is 0 Å². The molecule has 2 N–H and O–H groups in total. The molecule has 120 valence electrons. The SMILES string of the molecule is O=C(CCC1CCCCC1)NNC(=O)c1cc(Cl)ccc1Cl. The van der Waals surface area contributed by atoms with Crippen LogP contribution in [0.5, 0.6) is 0 Å². The van der Waals surface area contributed by atoms with Gasteiger partial charge in [-0.15, -0.1) is 0 Å². The molecule has 1 aliphatic rings. The van der Waals surface area contributed by atoms with Gasteiger partial charge in [-0.1, -0.05) is 55.3 Å². The lowest BCUT2D eigenvalue weighted by Gasteiger charge is -2.21. The fourth-order valence-corrected chi connectivity index (χ4v) is 3.11. The van der Waals surface area contributed by atoms with Crippen molar-refractivity contribution in [3.63, 3.8) is 0 Å². The second-order valence-corrected chi connectivity index (χ2v) is 6.51. The average molecular weight is 343 g/mol. The molecule has 0 spiro atoms. The number of carbonyl (C=O) groups excluding carboxylic acids is 2. The summed E-state index contributed by atoms with van der Waals surface area (Å²) in [6.45, 7) is 0. The number of halogens is 2. The molecule has 0 aromatic heterocycles. The number of benzene rings is 1. The molecule has 6 heteroatoms. The number of hydrazine groups is 1. The molecule has 1 aromatic rings. The Bertz CT molecular complexity index is 543. The van der Waals surface area contributed by atoms with Crippen LogP contribution in [0.3, 0.4) is 0 Å². The highest BCUT2D eigenvalue weighted by Crippen LogP contribution is 2.27. The number of hydrogen-bond donors (Lipinski definition) is 2. The van der Waals surface area contributed by atoms with Crippen molar-refractivity contribution in [2.24, 2.45) is 5.92 Å². The molecular formula is C16H20Cl2N2O2. The Balaban J connectivity index is 1.75. The molecule has 0 aliphatic heterocycles. The smallest absolute Gasteiger partial charge is 0.271 e. The van der Waals surface area contributed by atoms with Crippen molar-refractivity contribution >= 4 is 35.0 Å². The van der Waals surface area contributed by atoms with E-state index in [1.807, 2.05) is 0 Å². The summed E-state index contributed by atoms with van der Waals surface area (Å²) in [7, 11) is 0. The molecule has 0 unspecified atom stereocenters. The number of amides is 2. The molecule has 1 fully saturated rings. The molecule has 4 nitrogen and oxygen atoms in total. The molecule has 1 saturated carbocycles. The molecule has 2 rings (SSSR count). The molecule has 0 saturated heterocycles. The van der Waals surface area contributed by atoms with Gasteiger partial charge in [-0.05, 0) is 30.5 Å². The van der Waals surface area contributed by atoms with Gasteiger partial charge in [0.05, 0.1) is 10.6 Å². The largest absolute Gasteiger partial charge is 0.273 e. The summed E-state index contributed by atoms with van der Waals surface area (Å²) in [5.41, 5.74) is 5.04. The average Bonchev–Trinajstić information content (AvgIpc) is 2.54. The van der Waals surface area contributed by atoms with E-state index in [1.54, 1.807) is 12.1 Å². The summed E-state index contributed by atoms with van der Waals surface area (Å²) < 4.78 is 0. The van der Waals surface area contributed by atoms with Gasteiger partial charge in [0.25, 0.3) is 5.91 Å². The van der Waals surface area contributed by atoms with Crippen molar-refractivity contribution in [2.45, 2.75) is 44.9 Å². The van der Waals surface area contributed by atoms with Crippen molar-refractivity contribution in [3.05, 3.63) is 33.8 Å². The number of rotatable bonds is 4. The maximum absolute atomic E-state index is 12.0. The van der Waals surface area contributed by atoms with E-state index in [0.29, 0.717) is 22.4 Å². The second-order valence-electron chi connectivity index (χ2n) is 5.67. The molecule has 22 heavy (non-hydrogen) atoms. The van der Waals surface area contributed by atoms with E-state index in [0.717, 1.165) is 6.42 Å². The molecule has 2 amide bonds. The van der Waals surface area contributed by atoms with Crippen molar-refractivity contribution in [2.75, 3.05) is 0 Å². The summed E-state index contributed by atoms with van der Waals surface area (Å²) in [6, 6.07) is 4.61. The lowest BCUT2D eigenvalue weighted by molar-refractivity contribution is -0.122. The summed E-state index contributed by atoms with van der Waals surface area (Å²) in [5, 5.41) is 0.705. The van der Waals surface area contributed by atoms with Crippen LogP contribution in [0.25, 0.3) is 0 Å². The maximum atomic E-state index is 12.0. The van der Waals surface area contributed by atoms with Crippen LogP contribution < -0.4 is 10.9 Å². The van der Waals surface area contributed by atoms with Gasteiger partial charge in [-0.3, -0.25) is 20.4 Å². The first-order chi connectivity index (χ1) is 10.6. The van der Waals surface area contributed by atoms with Crippen LogP contribution in [-0.4, -0.2) is 11.8 Å². The highest BCUT2D eigenvalue weighted by Gasteiger charge is 2.16. The first-order valence-corrected chi connectivity index (χ1v) is 8.36. The summed E-state index contributed by atoms with van der Waals surface area (Å²) in [4.78, 5) is 23.7. The highest BCUT2D eigenvalue weighted by molar-refractivity contribution is 6.35. The lowest BCUT2D eigenvalue weighted by Crippen LogP contribution is -2.41. The molecule has 0 atom stereocenters. The zero-order valence-corrected chi connectivity index (χ0v) is 13.8. The van der Waals surface area contributed by atoms with E-state index in [4.69, 9.17) is 23.2 Å². The molecule has 1 aliphatic carbocycles. The minimum atomic E-state index is -0.474. The second kappa shape index (κ2) is 8.39. The molecular weight excluding hydrogens is 323 g/mol. The van der Waals surface area contributed by atoms with Gasteiger partial charge in [0, 0.05) is 11.4 Å². The number of hydrogen-bond acceptors (Lipinski definition) is 2. The summed E-state index contributed by atoms with van der Waals surface area (Å²) >= 11 is 11.8. The minimum Gasteiger partial charge on any atom is -0.273 e. The number of nitrogens with one attached hydrogen (secondary N) is 2. The third-order valence-corrected chi connectivity index (χ3v) is 4.56. The minimum absolute atomic E-state index is 0.183. The Kier molecular flexibility index (Phi) is 6.52. The van der Waals surface area contributed by atoms with E-state index in [1.165, 1.54) is 38.2 Å². The van der Waals surface area contributed by atoms with Crippen molar-refractivity contribution in [1.82, 2.24) is 10.9 Å². The standard InChI is InChI=1S/C16H20Cl2N2O2/c17-12-7-8-14(18)13(10-12)16(22)20-19-15(21)9-6-11-4-2-1-3-5-11/h7-8,10-11H,1-6,9H2,(H,19,21)(H,20,22). The van der Waals surface area contributed by atoms with E-state index < -0.39 is 5.91 Å². The van der Waals surface area contributed by atoms with Crippen LogP contribution in [0.2, 0.25) is 10.0 Å². The predicted molar refractivity (Wildman–Crippen MR) is 87.9 cm³/mol. The fourth-order valence-electron chi connectivity index (χ4n) is 2.74. The van der Waals surface area contributed by atoms with Crippen LogP contribution in [0.4, 0.5) is 0 Å². The van der Waals surface area contributed by atoms with Crippen LogP contribution in [0.15, 0.2) is 18.2 Å². The van der Waals surface area contributed by atoms with Crippen molar-refractivity contribution in [1.29, 1.82) is 0 Å². The fraction of sp³-hybridized carbons (Fsp3) is 0.500. The van der Waals surface area contributed by atoms with Gasteiger partial charge in [-0.2, -0.15) is 0 Å². The van der Waals surface area contributed by atoms with E-state index in [9.17, 15) is 9.59 Å². The van der Waals surface area contributed by atoms with Crippen LogP contribution in [0.1, 0.15) is 55.3 Å². The predicted octanol–water partition coefficient (Wildman–Crippen LogP) is 4.11. The zero-order valence-electron chi connectivity index (χ0n) is 12.3. The van der Waals surface area contributed by atoms with E-state index in [2.05, 4.69) is 10.9 Å². The number of carbonyl (C=O) groups is 2. The van der Waals surface area contributed by atoms with Gasteiger partial charge in [0.2, 0.25) is 5.91 Å². The van der Waals surface area contributed by atoms with Gasteiger partial charge in [0.15, 0.2) is 0 Å². The maximum Gasteiger partial charge on any atom is 0.271 e. The summed E-state index contributed by atoms with van der Waals surface area (Å²) in [6.07, 6.45) is 7.54. The highest BCUT2D eigenvalue weighted by atomic mass is 35.5. The third kappa shape index (κ3) is 5.18. The van der Waals surface area contributed by atoms with Crippen LogP contribution >= 0.6 is 23.2 Å². The first kappa shape index (κ1) is 17.1. The van der Waals surface area contributed by atoms with Crippen LogP contribution in [-0.2, 0) is 4.79 Å². The molecule has 0 bridgehead atoms. The summed E-state index contributed by atoms with van der Waals surface area (Å²) in [5.74, 6) is -0.0202. The Morgan fingerprint density at radius 3 is 2.55 bits per heavy atom. The Labute approximate surface area is 140 Å². The molecule has 0 radical (unpaired) electrons. The van der Waals surface area contributed by atoms with Crippen LogP contribution in [0, 0.1) is 5.92 Å². The monoisotopic (exact) mass is 342 g/mol. The zero-order chi connectivity index (χ0) is 15.9. The third-order valence-electron chi connectivity index (χ3n) is 3.99.